The number of hydrogen-bond acceptors (Lipinski definition) is 7. The van der Waals surface area contributed by atoms with E-state index in [-0.39, 0.29) is 18.2 Å². The van der Waals surface area contributed by atoms with Crippen molar-refractivity contribution in [2.75, 3.05) is 12.8 Å². The minimum atomic E-state index is -0.0467. The van der Waals surface area contributed by atoms with E-state index in [9.17, 15) is 4.79 Å². The van der Waals surface area contributed by atoms with Crippen LogP contribution < -0.4 is 0 Å². The van der Waals surface area contributed by atoms with Gasteiger partial charge >= 0.3 is 0 Å². The third kappa shape index (κ3) is 4.54. The Morgan fingerprint density at radius 1 is 1.26 bits per heavy atom. The maximum absolute atomic E-state index is 12.4. The molecule has 0 saturated heterocycles. The van der Waals surface area contributed by atoms with E-state index >= 15 is 0 Å². The van der Waals surface area contributed by atoms with Crippen molar-refractivity contribution < 1.29 is 9.32 Å². The topological polar surface area (TPSA) is 89.9 Å². The normalized spacial score (nSPS) is 10.9. The molecule has 2 heterocycles. The first-order valence-electron chi connectivity index (χ1n) is 8.78. The maximum Gasteiger partial charge on any atom is 0.246 e. The molecule has 27 heavy (non-hydrogen) atoms. The number of benzene rings is 1. The summed E-state index contributed by atoms with van der Waals surface area (Å²) in [6, 6.07) is 8.11. The van der Waals surface area contributed by atoms with Gasteiger partial charge in [0, 0.05) is 13.5 Å². The van der Waals surface area contributed by atoms with Gasteiger partial charge in [-0.15, -0.1) is 10.2 Å². The lowest BCUT2D eigenvalue weighted by Crippen LogP contribution is -2.28. The predicted octanol–water partition coefficient (Wildman–Crippen LogP) is 2.53. The highest BCUT2D eigenvalue weighted by molar-refractivity contribution is 7.99. The van der Waals surface area contributed by atoms with Crippen LogP contribution in [0.1, 0.15) is 31.1 Å². The molecule has 8 nitrogen and oxygen atoms in total. The summed E-state index contributed by atoms with van der Waals surface area (Å²) in [6.07, 6.45) is 3.28. The van der Waals surface area contributed by atoms with E-state index in [1.165, 1.54) is 17.3 Å². The van der Waals surface area contributed by atoms with Crippen LogP contribution in [0.25, 0.3) is 5.69 Å². The molecule has 3 aromatic rings. The van der Waals surface area contributed by atoms with Crippen molar-refractivity contribution in [3.63, 3.8) is 0 Å². The molecule has 142 valence electrons. The van der Waals surface area contributed by atoms with Gasteiger partial charge in [0.25, 0.3) is 0 Å². The Bertz CT molecular complexity index is 907. The fourth-order valence-corrected chi connectivity index (χ4v) is 3.42. The van der Waals surface area contributed by atoms with Crippen molar-refractivity contribution in [1.29, 1.82) is 0 Å². The molecule has 0 N–H and O–H groups in total. The van der Waals surface area contributed by atoms with Gasteiger partial charge in [0.05, 0.1) is 18.0 Å². The molecule has 0 saturated carbocycles. The number of thioether (sulfide) groups is 1. The molecule has 0 radical (unpaired) electrons. The van der Waals surface area contributed by atoms with Crippen molar-refractivity contribution in [2.45, 2.75) is 38.4 Å². The van der Waals surface area contributed by atoms with Crippen LogP contribution in [0.3, 0.4) is 0 Å². The zero-order valence-electron chi connectivity index (χ0n) is 15.6. The maximum atomic E-state index is 12.4. The Kier molecular flexibility index (Phi) is 6.23. The van der Waals surface area contributed by atoms with Crippen LogP contribution in [-0.2, 0) is 24.2 Å². The van der Waals surface area contributed by atoms with Gasteiger partial charge in [-0.3, -0.25) is 9.36 Å². The Hall–Kier alpha value is -2.68. The third-order valence-corrected chi connectivity index (χ3v) is 5.03. The first-order chi connectivity index (χ1) is 13.1. The van der Waals surface area contributed by atoms with Gasteiger partial charge < -0.3 is 9.42 Å². The number of aromatic nitrogens is 5. The molecular formula is C18H22N6O2S. The number of amides is 1. The van der Waals surface area contributed by atoms with Crippen molar-refractivity contribution in [3.05, 3.63) is 47.9 Å². The van der Waals surface area contributed by atoms with E-state index < -0.39 is 0 Å². The van der Waals surface area contributed by atoms with Crippen molar-refractivity contribution in [1.82, 2.24) is 29.8 Å². The summed E-state index contributed by atoms with van der Waals surface area (Å²) in [5.74, 6) is 1.28. The SMILES string of the molecule is CCc1noc(CN(C)C(=O)CSc2nncn2-c2ccccc2CC)n1. The molecule has 0 bridgehead atoms. The minimum absolute atomic E-state index is 0.0467. The summed E-state index contributed by atoms with van der Waals surface area (Å²) in [7, 11) is 1.72. The summed E-state index contributed by atoms with van der Waals surface area (Å²) in [5, 5.41) is 12.7. The number of para-hydroxylation sites is 1. The van der Waals surface area contributed by atoms with E-state index in [0.717, 1.165) is 12.1 Å². The van der Waals surface area contributed by atoms with Crippen molar-refractivity contribution in [3.8, 4) is 5.69 Å². The Morgan fingerprint density at radius 2 is 2.07 bits per heavy atom. The summed E-state index contributed by atoms with van der Waals surface area (Å²) in [6.45, 7) is 4.35. The van der Waals surface area contributed by atoms with Crippen LogP contribution in [0.4, 0.5) is 0 Å². The molecule has 0 atom stereocenters. The van der Waals surface area contributed by atoms with Crippen LogP contribution in [0, 0.1) is 0 Å². The number of carbonyl (C=O) groups excluding carboxylic acids is 1. The van der Waals surface area contributed by atoms with E-state index in [2.05, 4.69) is 33.3 Å². The average molecular weight is 386 g/mol. The van der Waals surface area contributed by atoms with E-state index in [4.69, 9.17) is 4.52 Å². The number of rotatable bonds is 8. The highest BCUT2D eigenvalue weighted by Gasteiger charge is 2.16. The molecule has 2 aromatic heterocycles. The predicted molar refractivity (Wildman–Crippen MR) is 102 cm³/mol. The zero-order valence-corrected chi connectivity index (χ0v) is 16.4. The first-order valence-corrected chi connectivity index (χ1v) is 9.77. The van der Waals surface area contributed by atoms with Crippen LogP contribution in [0.2, 0.25) is 0 Å². The fourth-order valence-electron chi connectivity index (χ4n) is 2.56. The summed E-state index contributed by atoms with van der Waals surface area (Å²) in [5.41, 5.74) is 2.23. The Morgan fingerprint density at radius 3 is 2.81 bits per heavy atom. The average Bonchev–Trinajstić information content (AvgIpc) is 3.35. The number of aryl methyl sites for hydroxylation is 2. The quantitative estimate of drug-likeness (QED) is 0.550. The second-order valence-corrected chi connectivity index (χ2v) is 6.90. The lowest BCUT2D eigenvalue weighted by Gasteiger charge is -2.15. The standard InChI is InChI=1S/C18H22N6O2S/c1-4-13-8-6-7-9-14(13)24-12-19-21-18(24)27-11-17(25)23(3)10-16-20-15(5-2)22-26-16/h6-9,12H,4-5,10-11H2,1-3H3. The number of nitrogens with zero attached hydrogens (tertiary/aromatic N) is 6. The molecule has 9 heteroatoms. The summed E-state index contributed by atoms with van der Waals surface area (Å²) in [4.78, 5) is 18.2. The Labute approximate surface area is 162 Å². The fraction of sp³-hybridized carbons (Fsp3) is 0.389. The van der Waals surface area contributed by atoms with E-state index in [1.807, 2.05) is 29.7 Å². The Balaban J connectivity index is 1.63. The molecule has 3 rings (SSSR count). The van der Waals surface area contributed by atoms with Gasteiger partial charge in [-0.25, -0.2) is 0 Å². The monoisotopic (exact) mass is 386 g/mol. The molecule has 1 amide bonds. The van der Waals surface area contributed by atoms with E-state index in [0.29, 0.717) is 23.3 Å². The van der Waals surface area contributed by atoms with Crippen LogP contribution in [0.15, 0.2) is 40.3 Å². The summed E-state index contributed by atoms with van der Waals surface area (Å²) < 4.78 is 7.06. The molecular weight excluding hydrogens is 364 g/mol. The lowest BCUT2D eigenvalue weighted by molar-refractivity contribution is -0.127. The van der Waals surface area contributed by atoms with Gasteiger partial charge in [-0.1, -0.05) is 49.0 Å². The highest BCUT2D eigenvalue weighted by atomic mass is 32.2. The molecule has 0 spiro atoms. The van der Waals surface area contributed by atoms with Crippen molar-refractivity contribution in [2.24, 2.45) is 0 Å². The number of carbonyl (C=O) groups is 1. The van der Waals surface area contributed by atoms with Gasteiger partial charge in [0.2, 0.25) is 11.8 Å². The van der Waals surface area contributed by atoms with E-state index in [1.54, 1.807) is 18.3 Å². The molecule has 1 aromatic carbocycles. The molecule has 0 unspecified atom stereocenters. The largest absolute Gasteiger partial charge is 0.337 e. The first kappa shape index (κ1) is 19.1. The summed E-state index contributed by atoms with van der Waals surface area (Å²) >= 11 is 1.36. The molecule has 0 fully saturated rings. The smallest absolute Gasteiger partial charge is 0.246 e. The third-order valence-electron chi connectivity index (χ3n) is 4.10. The molecule has 0 aliphatic heterocycles. The van der Waals surface area contributed by atoms with Gasteiger partial charge in [0.15, 0.2) is 11.0 Å². The van der Waals surface area contributed by atoms with Crippen LogP contribution in [-0.4, -0.2) is 48.5 Å². The van der Waals surface area contributed by atoms with Gasteiger partial charge in [-0.05, 0) is 18.1 Å². The number of hydrogen-bond donors (Lipinski definition) is 0. The van der Waals surface area contributed by atoms with Crippen LogP contribution in [0.5, 0.6) is 0 Å². The van der Waals surface area contributed by atoms with Gasteiger partial charge in [0.1, 0.15) is 6.33 Å². The second kappa shape index (κ2) is 8.81. The lowest BCUT2D eigenvalue weighted by atomic mass is 10.1. The van der Waals surface area contributed by atoms with Crippen molar-refractivity contribution >= 4 is 17.7 Å². The zero-order chi connectivity index (χ0) is 19.2. The second-order valence-electron chi connectivity index (χ2n) is 5.96. The molecule has 0 aliphatic carbocycles. The minimum Gasteiger partial charge on any atom is -0.337 e. The molecule has 0 aliphatic rings. The highest BCUT2D eigenvalue weighted by Crippen LogP contribution is 2.22. The van der Waals surface area contributed by atoms with Crippen LogP contribution >= 0.6 is 11.8 Å². The van der Waals surface area contributed by atoms with Gasteiger partial charge in [-0.2, -0.15) is 4.98 Å².